The monoisotopic (exact) mass is 284 g/mol. The summed E-state index contributed by atoms with van der Waals surface area (Å²) in [5.74, 6) is 0. The van der Waals surface area contributed by atoms with Gasteiger partial charge in [-0.2, -0.15) is 4.31 Å². The van der Waals surface area contributed by atoms with Crippen LogP contribution in [0, 0.1) is 0 Å². The van der Waals surface area contributed by atoms with Crippen LogP contribution in [0.1, 0.15) is 6.92 Å². The molecule has 0 radical (unpaired) electrons. The van der Waals surface area contributed by atoms with Crippen LogP contribution in [0.2, 0.25) is 0 Å². The van der Waals surface area contributed by atoms with Gasteiger partial charge >= 0.3 is 0 Å². The van der Waals surface area contributed by atoms with E-state index < -0.39 is 10.0 Å². The molecule has 7 heteroatoms. The van der Waals surface area contributed by atoms with E-state index in [4.69, 9.17) is 0 Å². The lowest BCUT2D eigenvalue weighted by molar-refractivity contribution is 0.170. The van der Waals surface area contributed by atoms with Gasteiger partial charge in [0.15, 0.2) is 0 Å². The van der Waals surface area contributed by atoms with Gasteiger partial charge in [0.25, 0.3) is 0 Å². The fourth-order valence-electron chi connectivity index (χ4n) is 2.40. The topological polar surface area (TPSA) is 65.5 Å². The summed E-state index contributed by atoms with van der Waals surface area (Å²) in [6.45, 7) is 3.94. The molecule has 1 aliphatic heterocycles. The van der Waals surface area contributed by atoms with E-state index in [1.165, 1.54) is 6.20 Å². The molecule has 1 aromatic heterocycles. The van der Waals surface area contributed by atoms with Crippen LogP contribution in [0.4, 0.5) is 5.69 Å². The van der Waals surface area contributed by atoms with Crippen LogP contribution in [0.25, 0.3) is 0 Å². The zero-order valence-corrected chi connectivity index (χ0v) is 12.3. The van der Waals surface area contributed by atoms with Crippen molar-refractivity contribution in [3.05, 3.63) is 18.5 Å². The van der Waals surface area contributed by atoms with Crippen molar-refractivity contribution in [2.24, 2.45) is 0 Å². The lowest BCUT2D eigenvalue weighted by Crippen LogP contribution is -2.52. The zero-order chi connectivity index (χ0) is 14.0. The second-order valence-corrected chi connectivity index (χ2v) is 6.71. The van der Waals surface area contributed by atoms with E-state index in [1.807, 2.05) is 14.0 Å². The Morgan fingerprint density at radius 1 is 1.42 bits per heavy atom. The maximum absolute atomic E-state index is 12.7. The first-order valence-corrected chi connectivity index (χ1v) is 7.73. The third kappa shape index (κ3) is 2.72. The first-order valence-electron chi connectivity index (χ1n) is 6.29. The summed E-state index contributed by atoms with van der Waals surface area (Å²) < 4.78 is 27.0. The van der Waals surface area contributed by atoms with Gasteiger partial charge in [-0.3, -0.25) is 4.98 Å². The molecule has 1 N–H and O–H groups in total. The minimum atomic E-state index is -3.50. The van der Waals surface area contributed by atoms with Crippen LogP contribution in [-0.2, 0) is 10.0 Å². The normalized spacial score (nSPS) is 22.4. The summed E-state index contributed by atoms with van der Waals surface area (Å²) in [5, 5.41) is 2.91. The lowest BCUT2D eigenvalue weighted by atomic mass is 10.2. The van der Waals surface area contributed by atoms with Crippen LogP contribution >= 0.6 is 0 Å². The molecular formula is C12H20N4O2S. The van der Waals surface area contributed by atoms with Crippen molar-refractivity contribution in [2.45, 2.75) is 17.9 Å². The average Bonchev–Trinajstić information content (AvgIpc) is 2.38. The van der Waals surface area contributed by atoms with E-state index in [-0.39, 0.29) is 10.9 Å². The Morgan fingerprint density at radius 2 is 2.16 bits per heavy atom. The summed E-state index contributed by atoms with van der Waals surface area (Å²) in [6.07, 6.45) is 2.99. The highest BCUT2D eigenvalue weighted by atomic mass is 32.2. The number of hydrogen-bond donors (Lipinski definition) is 1. The van der Waals surface area contributed by atoms with Gasteiger partial charge in [-0.05, 0) is 20.0 Å². The minimum Gasteiger partial charge on any atom is -0.387 e. The van der Waals surface area contributed by atoms with Crippen molar-refractivity contribution >= 4 is 15.7 Å². The molecule has 106 valence electrons. The van der Waals surface area contributed by atoms with Crippen molar-refractivity contribution in [1.82, 2.24) is 14.2 Å². The summed E-state index contributed by atoms with van der Waals surface area (Å²) in [7, 11) is 0.218. The minimum absolute atomic E-state index is 0.0336. The first kappa shape index (κ1) is 14.2. The molecule has 6 nitrogen and oxygen atoms in total. The number of rotatable bonds is 3. The molecule has 1 fully saturated rings. The third-order valence-electron chi connectivity index (χ3n) is 3.41. The van der Waals surface area contributed by atoms with Gasteiger partial charge in [0.1, 0.15) is 4.90 Å². The lowest BCUT2D eigenvalue weighted by Gasteiger charge is -2.37. The van der Waals surface area contributed by atoms with E-state index >= 15 is 0 Å². The standard InChI is InChI=1S/C12H20N4O2S/c1-10-9-15(3)6-7-16(10)19(17,18)12-8-14-5-4-11(12)13-2/h4-5,8,10H,6-7,9H2,1-3H3,(H,13,14). The predicted octanol–water partition coefficient (Wildman–Crippen LogP) is 0.448. The molecule has 2 rings (SSSR count). The predicted molar refractivity (Wildman–Crippen MR) is 74.6 cm³/mol. The molecule has 19 heavy (non-hydrogen) atoms. The SMILES string of the molecule is CNc1ccncc1S(=O)(=O)N1CCN(C)CC1C. The fraction of sp³-hybridized carbons (Fsp3) is 0.583. The molecule has 1 aliphatic rings. The van der Waals surface area contributed by atoms with E-state index in [0.717, 1.165) is 13.1 Å². The Kier molecular flexibility index (Phi) is 4.07. The first-order chi connectivity index (χ1) is 8.96. The molecule has 0 spiro atoms. The van der Waals surface area contributed by atoms with E-state index in [9.17, 15) is 8.42 Å². The van der Waals surface area contributed by atoms with Gasteiger partial charge in [0, 0.05) is 45.1 Å². The number of pyridine rings is 1. The van der Waals surface area contributed by atoms with E-state index in [2.05, 4.69) is 15.2 Å². The van der Waals surface area contributed by atoms with Gasteiger partial charge < -0.3 is 10.2 Å². The molecule has 0 bridgehead atoms. The second-order valence-electron chi connectivity index (χ2n) is 4.85. The molecule has 2 heterocycles. The second kappa shape index (κ2) is 5.44. The third-order valence-corrected chi connectivity index (χ3v) is 5.45. The summed E-state index contributed by atoms with van der Waals surface area (Å²) >= 11 is 0. The molecule has 0 aromatic carbocycles. The van der Waals surface area contributed by atoms with Crippen LogP contribution < -0.4 is 5.32 Å². The van der Waals surface area contributed by atoms with Crippen LogP contribution in [0.15, 0.2) is 23.4 Å². The number of likely N-dealkylation sites (N-methyl/N-ethyl adjacent to an activating group) is 1. The van der Waals surface area contributed by atoms with Crippen LogP contribution in [-0.4, -0.2) is 62.4 Å². The quantitative estimate of drug-likeness (QED) is 0.873. The summed E-state index contributed by atoms with van der Waals surface area (Å²) in [5.41, 5.74) is 0.584. The molecule has 1 aromatic rings. The Balaban J connectivity index is 2.37. The maximum atomic E-state index is 12.7. The van der Waals surface area contributed by atoms with Crippen molar-refractivity contribution < 1.29 is 8.42 Å². The van der Waals surface area contributed by atoms with Gasteiger partial charge in [0.05, 0.1) is 5.69 Å². The number of anilines is 1. The average molecular weight is 284 g/mol. The highest BCUT2D eigenvalue weighted by Crippen LogP contribution is 2.25. The van der Waals surface area contributed by atoms with Crippen molar-refractivity contribution in [3.63, 3.8) is 0 Å². The number of sulfonamides is 1. The van der Waals surface area contributed by atoms with Gasteiger partial charge in [0.2, 0.25) is 10.0 Å². The molecule has 1 atom stereocenters. The van der Waals surface area contributed by atoms with Gasteiger partial charge in [-0.1, -0.05) is 0 Å². The Hall–Kier alpha value is -1.18. The highest BCUT2D eigenvalue weighted by Gasteiger charge is 2.34. The number of piperazine rings is 1. The van der Waals surface area contributed by atoms with Crippen LogP contribution in [0.3, 0.4) is 0 Å². The smallest absolute Gasteiger partial charge is 0.246 e. The molecular weight excluding hydrogens is 264 g/mol. The maximum Gasteiger partial charge on any atom is 0.246 e. The number of nitrogens with one attached hydrogen (secondary N) is 1. The van der Waals surface area contributed by atoms with Crippen molar-refractivity contribution in [2.75, 3.05) is 39.0 Å². The van der Waals surface area contributed by atoms with Crippen molar-refractivity contribution in [3.8, 4) is 0 Å². The Bertz CT molecular complexity index is 546. The van der Waals surface area contributed by atoms with E-state index in [1.54, 1.807) is 23.6 Å². The van der Waals surface area contributed by atoms with Crippen molar-refractivity contribution in [1.29, 1.82) is 0 Å². The summed E-state index contributed by atoms with van der Waals surface area (Å²) in [4.78, 5) is 6.32. The largest absolute Gasteiger partial charge is 0.387 e. The number of aromatic nitrogens is 1. The van der Waals surface area contributed by atoms with E-state index in [0.29, 0.717) is 12.2 Å². The molecule has 1 saturated heterocycles. The summed E-state index contributed by atoms with van der Waals surface area (Å²) in [6, 6.07) is 1.64. The zero-order valence-electron chi connectivity index (χ0n) is 11.5. The number of hydrogen-bond acceptors (Lipinski definition) is 5. The van der Waals surface area contributed by atoms with Gasteiger partial charge in [-0.25, -0.2) is 8.42 Å². The Morgan fingerprint density at radius 3 is 2.79 bits per heavy atom. The highest BCUT2D eigenvalue weighted by molar-refractivity contribution is 7.89. The molecule has 1 unspecified atom stereocenters. The van der Waals surface area contributed by atoms with Gasteiger partial charge in [-0.15, -0.1) is 0 Å². The van der Waals surface area contributed by atoms with Crippen LogP contribution in [0.5, 0.6) is 0 Å². The molecule has 0 amide bonds. The molecule has 0 aliphatic carbocycles. The Labute approximate surface area is 114 Å². The fourth-order valence-corrected chi connectivity index (χ4v) is 4.16. The number of nitrogens with zero attached hydrogens (tertiary/aromatic N) is 3. The molecule has 0 saturated carbocycles.